The summed E-state index contributed by atoms with van der Waals surface area (Å²) in [5.41, 5.74) is 8.46. The van der Waals surface area contributed by atoms with Crippen LogP contribution in [0.15, 0.2) is 67.3 Å². The first-order valence-electron chi connectivity index (χ1n) is 10.8. The van der Waals surface area contributed by atoms with Gasteiger partial charge in [-0.1, -0.05) is 6.07 Å². The molecule has 8 nitrogen and oxygen atoms in total. The van der Waals surface area contributed by atoms with Crippen molar-refractivity contribution in [1.82, 2.24) is 19.9 Å². The maximum atomic E-state index is 14.3. The number of carbonyl (C=O) groups is 2. The van der Waals surface area contributed by atoms with E-state index in [2.05, 4.69) is 25.3 Å². The van der Waals surface area contributed by atoms with E-state index in [9.17, 15) is 14.0 Å². The van der Waals surface area contributed by atoms with Crippen LogP contribution in [0.1, 0.15) is 46.0 Å². The number of anilines is 1. The van der Waals surface area contributed by atoms with Crippen molar-refractivity contribution in [3.63, 3.8) is 0 Å². The highest BCUT2D eigenvalue weighted by Crippen LogP contribution is 2.28. The number of nitrogens with two attached hydrogens (primary N) is 1. The molecule has 0 saturated carbocycles. The highest BCUT2D eigenvalue weighted by atomic mass is 19.1. The number of rotatable bonds is 6. The van der Waals surface area contributed by atoms with Gasteiger partial charge in [-0.25, -0.2) is 14.4 Å². The molecule has 3 heterocycles. The summed E-state index contributed by atoms with van der Waals surface area (Å²) in [5, 5.41) is 2.85. The molecular formula is C26H23FN6O2. The number of hydrogen-bond donors (Lipinski definition) is 2. The summed E-state index contributed by atoms with van der Waals surface area (Å²) >= 11 is 0. The second-order valence-electron chi connectivity index (χ2n) is 8.47. The monoisotopic (exact) mass is 470 g/mol. The largest absolute Gasteiger partial charge is 0.364 e. The molecule has 0 saturated heterocycles. The topological polar surface area (TPSA) is 124 Å². The number of pyridine rings is 2. The van der Waals surface area contributed by atoms with Gasteiger partial charge in [0.15, 0.2) is 0 Å². The molecule has 0 aliphatic heterocycles. The fourth-order valence-electron chi connectivity index (χ4n) is 3.46. The Hall–Kier alpha value is -4.53. The highest BCUT2D eigenvalue weighted by molar-refractivity contribution is 6.04. The molecule has 0 bridgehead atoms. The minimum atomic E-state index is -1.66. The third kappa shape index (κ3) is 5.35. The molecule has 0 atom stereocenters. The number of aromatic nitrogens is 4. The van der Waals surface area contributed by atoms with Crippen molar-refractivity contribution in [3.05, 3.63) is 89.8 Å². The molecule has 0 fully saturated rings. The molecule has 0 radical (unpaired) electrons. The SMILES string of the molecule is Cc1ccc(NC(=O)c2ccnc(C(C)(C)F)c2)cc1-c1cc(-c2ccnc(C(N)=O)c2)ncn1. The van der Waals surface area contributed by atoms with Crippen molar-refractivity contribution in [2.24, 2.45) is 5.73 Å². The number of aryl methyl sites for hydroxylation is 1. The molecule has 4 aromatic rings. The fourth-order valence-corrected chi connectivity index (χ4v) is 3.46. The van der Waals surface area contributed by atoms with E-state index in [1.807, 2.05) is 19.1 Å². The summed E-state index contributed by atoms with van der Waals surface area (Å²) < 4.78 is 14.3. The van der Waals surface area contributed by atoms with Gasteiger partial charge in [0.05, 0.1) is 17.1 Å². The quantitative estimate of drug-likeness (QED) is 0.429. The van der Waals surface area contributed by atoms with Crippen LogP contribution in [0.2, 0.25) is 0 Å². The minimum Gasteiger partial charge on any atom is -0.364 e. The summed E-state index contributed by atoms with van der Waals surface area (Å²) in [6.45, 7) is 4.71. The van der Waals surface area contributed by atoms with E-state index in [4.69, 9.17) is 5.73 Å². The molecule has 9 heteroatoms. The van der Waals surface area contributed by atoms with Crippen LogP contribution in [0.25, 0.3) is 22.5 Å². The first kappa shape index (κ1) is 23.6. The Morgan fingerprint density at radius 2 is 1.66 bits per heavy atom. The van der Waals surface area contributed by atoms with Crippen molar-refractivity contribution in [3.8, 4) is 22.5 Å². The lowest BCUT2D eigenvalue weighted by molar-refractivity contribution is 0.0993. The lowest BCUT2D eigenvalue weighted by atomic mass is 10.0. The first-order valence-corrected chi connectivity index (χ1v) is 10.8. The number of amides is 2. The summed E-state index contributed by atoms with van der Waals surface area (Å²) in [6, 6.07) is 13.5. The third-order valence-corrected chi connectivity index (χ3v) is 5.38. The van der Waals surface area contributed by atoms with Crippen molar-refractivity contribution in [2.45, 2.75) is 26.4 Å². The fraction of sp³-hybridized carbons (Fsp3) is 0.154. The molecule has 0 aliphatic rings. The van der Waals surface area contributed by atoms with Crippen LogP contribution in [0.5, 0.6) is 0 Å². The molecule has 0 unspecified atom stereocenters. The van der Waals surface area contributed by atoms with Gasteiger partial charge in [-0.05, 0) is 68.8 Å². The van der Waals surface area contributed by atoms with E-state index in [1.165, 1.54) is 44.7 Å². The Bertz CT molecular complexity index is 1430. The van der Waals surface area contributed by atoms with Crippen molar-refractivity contribution in [2.75, 3.05) is 5.32 Å². The number of primary amides is 1. The standard InChI is InChI=1S/C26H23FN6O2/c1-15-4-5-18(33-25(35)17-7-9-30-23(11-17)26(2,3)27)12-19(15)21-13-20(31-14-32-21)16-6-8-29-22(10-16)24(28)34/h4-14H,1-3H3,(H2,28,34)(H,33,35). The van der Waals surface area contributed by atoms with Gasteiger partial charge in [-0.15, -0.1) is 0 Å². The van der Waals surface area contributed by atoms with Crippen molar-refractivity contribution >= 4 is 17.5 Å². The normalized spacial score (nSPS) is 11.2. The van der Waals surface area contributed by atoms with Gasteiger partial charge in [-0.3, -0.25) is 19.6 Å². The van der Waals surface area contributed by atoms with Crippen LogP contribution in [-0.2, 0) is 5.67 Å². The second-order valence-corrected chi connectivity index (χ2v) is 8.47. The summed E-state index contributed by atoms with van der Waals surface area (Å²) in [6.07, 6.45) is 4.33. The van der Waals surface area contributed by atoms with Crippen LogP contribution in [0, 0.1) is 6.92 Å². The molecule has 0 aliphatic carbocycles. The number of carbonyl (C=O) groups excluding carboxylic acids is 2. The molecule has 3 N–H and O–H groups in total. The highest BCUT2D eigenvalue weighted by Gasteiger charge is 2.22. The smallest absolute Gasteiger partial charge is 0.267 e. The van der Waals surface area contributed by atoms with E-state index in [0.717, 1.165) is 11.1 Å². The van der Waals surface area contributed by atoms with E-state index in [-0.39, 0.29) is 17.3 Å². The maximum Gasteiger partial charge on any atom is 0.267 e. The molecule has 4 rings (SSSR count). The Kier molecular flexibility index (Phi) is 6.33. The van der Waals surface area contributed by atoms with Gasteiger partial charge in [-0.2, -0.15) is 0 Å². The molecule has 0 spiro atoms. The predicted molar refractivity (Wildman–Crippen MR) is 130 cm³/mol. The Morgan fingerprint density at radius 1 is 0.914 bits per heavy atom. The van der Waals surface area contributed by atoms with Crippen molar-refractivity contribution in [1.29, 1.82) is 0 Å². The minimum absolute atomic E-state index is 0.138. The Morgan fingerprint density at radius 3 is 2.40 bits per heavy atom. The third-order valence-electron chi connectivity index (χ3n) is 5.38. The zero-order valence-electron chi connectivity index (χ0n) is 19.4. The number of benzene rings is 1. The second kappa shape index (κ2) is 9.38. The summed E-state index contributed by atoms with van der Waals surface area (Å²) in [7, 11) is 0. The van der Waals surface area contributed by atoms with Gasteiger partial charge < -0.3 is 11.1 Å². The lowest BCUT2D eigenvalue weighted by Gasteiger charge is -2.14. The van der Waals surface area contributed by atoms with E-state index >= 15 is 0 Å². The van der Waals surface area contributed by atoms with Gasteiger partial charge in [0.2, 0.25) is 0 Å². The number of nitrogens with one attached hydrogen (secondary N) is 1. The van der Waals surface area contributed by atoms with Gasteiger partial charge >= 0.3 is 0 Å². The van der Waals surface area contributed by atoms with E-state index < -0.39 is 11.6 Å². The van der Waals surface area contributed by atoms with Crippen LogP contribution < -0.4 is 11.1 Å². The van der Waals surface area contributed by atoms with Gasteiger partial charge in [0.1, 0.15) is 17.7 Å². The lowest BCUT2D eigenvalue weighted by Crippen LogP contribution is -2.16. The zero-order chi connectivity index (χ0) is 25.2. The van der Waals surface area contributed by atoms with Crippen LogP contribution in [0.3, 0.4) is 0 Å². The van der Waals surface area contributed by atoms with Crippen molar-refractivity contribution < 1.29 is 14.0 Å². The number of hydrogen-bond acceptors (Lipinski definition) is 6. The summed E-state index contributed by atoms with van der Waals surface area (Å²) in [5.74, 6) is -1.01. The Labute approximate surface area is 201 Å². The number of alkyl halides is 1. The molecule has 3 aromatic heterocycles. The molecular weight excluding hydrogens is 447 g/mol. The number of nitrogens with zero attached hydrogens (tertiary/aromatic N) is 4. The van der Waals surface area contributed by atoms with Crippen LogP contribution >= 0.6 is 0 Å². The number of halogens is 1. The summed E-state index contributed by atoms with van der Waals surface area (Å²) in [4.78, 5) is 41.0. The predicted octanol–water partition coefficient (Wildman–Crippen LogP) is 4.46. The average Bonchev–Trinajstić information content (AvgIpc) is 2.85. The van der Waals surface area contributed by atoms with Crippen LogP contribution in [-0.4, -0.2) is 31.8 Å². The average molecular weight is 471 g/mol. The maximum absolute atomic E-state index is 14.3. The van der Waals surface area contributed by atoms with E-state index in [0.29, 0.717) is 28.2 Å². The first-order chi connectivity index (χ1) is 16.6. The molecule has 2 amide bonds. The Balaban J connectivity index is 1.63. The molecule has 176 valence electrons. The molecule has 1 aromatic carbocycles. The van der Waals surface area contributed by atoms with E-state index in [1.54, 1.807) is 24.3 Å². The van der Waals surface area contributed by atoms with Gasteiger partial charge in [0.25, 0.3) is 11.8 Å². The van der Waals surface area contributed by atoms with Gasteiger partial charge in [0, 0.05) is 34.8 Å². The zero-order valence-corrected chi connectivity index (χ0v) is 19.4. The molecule has 35 heavy (non-hydrogen) atoms. The van der Waals surface area contributed by atoms with Crippen LogP contribution in [0.4, 0.5) is 10.1 Å².